The number of hydrogen-bond donors (Lipinski definition) is 2. The number of carboxylic acid groups (broad SMARTS) is 1. The lowest BCUT2D eigenvalue weighted by Gasteiger charge is -2.13. The van der Waals surface area contributed by atoms with Gasteiger partial charge in [0.15, 0.2) is 0 Å². The lowest BCUT2D eigenvalue weighted by atomic mass is 10.2. The van der Waals surface area contributed by atoms with Crippen molar-refractivity contribution in [2.45, 2.75) is 24.8 Å². The Morgan fingerprint density at radius 1 is 1.50 bits per heavy atom. The van der Waals surface area contributed by atoms with Crippen LogP contribution in [-0.2, 0) is 14.8 Å². The molecule has 1 aromatic rings. The molecule has 1 aromatic carbocycles. The number of aromatic carboxylic acids is 1. The third kappa shape index (κ3) is 4.45. The molecule has 2 N–H and O–H groups in total. The number of rotatable bonds is 7. The van der Waals surface area contributed by atoms with Crippen molar-refractivity contribution in [2.24, 2.45) is 0 Å². The van der Waals surface area contributed by atoms with Gasteiger partial charge in [-0.05, 0) is 32.0 Å². The van der Waals surface area contributed by atoms with Crippen molar-refractivity contribution in [3.63, 3.8) is 0 Å². The second kappa shape index (κ2) is 7.03. The van der Waals surface area contributed by atoms with Crippen LogP contribution < -0.4 is 4.72 Å². The highest BCUT2D eigenvalue weighted by molar-refractivity contribution is 7.89. The Kier molecular flexibility index (Phi) is 5.94. The van der Waals surface area contributed by atoms with Gasteiger partial charge in [0.1, 0.15) is 4.90 Å². The van der Waals surface area contributed by atoms with Crippen LogP contribution in [0.25, 0.3) is 0 Å². The van der Waals surface area contributed by atoms with E-state index in [1.807, 2.05) is 0 Å². The van der Waals surface area contributed by atoms with Crippen molar-refractivity contribution in [2.75, 3.05) is 13.2 Å². The maximum absolute atomic E-state index is 12.1. The minimum Gasteiger partial charge on any atom is -0.478 e. The highest BCUT2D eigenvalue weighted by atomic mass is 35.5. The second-order valence-electron chi connectivity index (χ2n) is 4.07. The lowest BCUT2D eigenvalue weighted by Crippen LogP contribution is -2.32. The molecule has 6 nitrogen and oxygen atoms in total. The van der Waals surface area contributed by atoms with Gasteiger partial charge in [0.25, 0.3) is 0 Å². The first-order valence-electron chi connectivity index (χ1n) is 5.92. The van der Waals surface area contributed by atoms with Gasteiger partial charge in [-0.25, -0.2) is 17.9 Å². The number of ether oxygens (including phenoxy) is 1. The summed E-state index contributed by atoms with van der Waals surface area (Å²) in [4.78, 5) is 10.6. The highest BCUT2D eigenvalue weighted by Crippen LogP contribution is 2.22. The highest BCUT2D eigenvalue weighted by Gasteiger charge is 2.20. The minimum atomic E-state index is -3.89. The molecular weight excluding hydrogens is 306 g/mol. The molecular formula is C12H16ClNO5S. The number of halogens is 1. The number of carboxylic acids is 1. The van der Waals surface area contributed by atoms with Gasteiger partial charge in [-0.15, -0.1) is 0 Å². The van der Waals surface area contributed by atoms with Crippen LogP contribution in [0.3, 0.4) is 0 Å². The molecule has 0 bridgehead atoms. The van der Waals surface area contributed by atoms with Crippen LogP contribution in [0.4, 0.5) is 0 Å². The van der Waals surface area contributed by atoms with Crippen molar-refractivity contribution in [3.05, 3.63) is 28.8 Å². The molecule has 0 saturated heterocycles. The molecule has 0 radical (unpaired) electrons. The molecule has 112 valence electrons. The summed E-state index contributed by atoms with van der Waals surface area (Å²) in [5.41, 5.74) is -0.146. The minimum absolute atomic E-state index is 0.0356. The van der Waals surface area contributed by atoms with E-state index in [1.54, 1.807) is 13.8 Å². The molecule has 0 fully saturated rings. The van der Waals surface area contributed by atoms with E-state index in [9.17, 15) is 13.2 Å². The van der Waals surface area contributed by atoms with E-state index in [-0.39, 0.29) is 28.1 Å². The molecule has 8 heteroatoms. The van der Waals surface area contributed by atoms with Crippen LogP contribution in [0.5, 0.6) is 0 Å². The molecule has 0 aliphatic rings. The van der Waals surface area contributed by atoms with Crippen molar-refractivity contribution in [1.29, 1.82) is 0 Å². The first kappa shape index (κ1) is 16.9. The smallest absolute Gasteiger partial charge is 0.335 e. The predicted octanol–water partition coefficient (Wildman–Crippen LogP) is 1.74. The average Bonchev–Trinajstić information content (AvgIpc) is 2.37. The Morgan fingerprint density at radius 3 is 2.70 bits per heavy atom. The molecule has 0 aromatic heterocycles. The van der Waals surface area contributed by atoms with Gasteiger partial charge >= 0.3 is 5.97 Å². The standard InChI is InChI=1S/C12H16ClNO5S/c1-3-19-8(2)7-14-20(17,18)11-6-9(12(15)16)4-5-10(11)13/h4-6,8,14H,3,7H2,1-2H3,(H,15,16). The first-order valence-corrected chi connectivity index (χ1v) is 7.78. The summed E-state index contributed by atoms with van der Waals surface area (Å²) in [6.07, 6.45) is -0.295. The number of nitrogens with one attached hydrogen (secondary N) is 1. The van der Waals surface area contributed by atoms with Crippen LogP contribution in [0.15, 0.2) is 23.1 Å². The van der Waals surface area contributed by atoms with Gasteiger partial charge in [-0.1, -0.05) is 11.6 Å². The Hall–Kier alpha value is -1.15. The number of carbonyl (C=O) groups is 1. The van der Waals surface area contributed by atoms with E-state index in [4.69, 9.17) is 21.4 Å². The van der Waals surface area contributed by atoms with E-state index in [2.05, 4.69) is 4.72 Å². The number of benzene rings is 1. The zero-order valence-electron chi connectivity index (χ0n) is 11.1. The molecule has 0 saturated carbocycles. The summed E-state index contributed by atoms with van der Waals surface area (Å²) in [6, 6.07) is 3.51. The summed E-state index contributed by atoms with van der Waals surface area (Å²) in [7, 11) is -3.89. The van der Waals surface area contributed by atoms with Crippen LogP contribution in [0.1, 0.15) is 24.2 Å². The molecule has 0 spiro atoms. The fraction of sp³-hybridized carbons (Fsp3) is 0.417. The molecule has 1 unspecified atom stereocenters. The van der Waals surface area contributed by atoms with E-state index in [0.717, 1.165) is 6.07 Å². The quantitative estimate of drug-likeness (QED) is 0.798. The zero-order valence-corrected chi connectivity index (χ0v) is 12.7. The molecule has 1 atom stereocenters. The van der Waals surface area contributed by atoms with Crippen molar-refractivity contribution >= 4 is 27.6 Å². The molecule has 20 heavy (non-hydrogen) atoms. The Morgan fingerprint density at radius 2 is 2.15 bits per heavy atom. The monoisotopic (exact) mass is 321 g/mol. The largest absolute Gasteiger partial charge is 0.478 e. The fourth-order valence-corrected chi connectivity index (χ4v) is 3.13. The van der Waals surface area contributed by atoms with Crippen molar-refractivity contribution in [1.82, 2.24) is 4.72 Å². The molecule has 0 heterocycles. The SMILES string of the molecule is CCOC(C)CNS(=O)(=O)c1cc(C(=O)O)ccc1Cl. The third-order valence-corrected chi connectivity index (χ3v) is 4.38. The second-order valence-corrected chi connectivity index (χ2v) is 6.21. The van der Waals surface area contributed by atoms with Crippen molar-refractivity contribution in [3.8, 4) is 0 Å². The van der Waals surface area contributed by atoms with Crippen LogP contribution >= 0.6 is 11.6 Å². The summed E-state index contributed by atoms with van der Waals surface area (Å²) in [6.45, 7) is 4.07. The van der Waals surface area contributed by atoms with Crippen LogP contribution in [-0.4, -0.2) is 38.7 Å². The maximum Gasteiger partial charge on any atom is 0.335 e. The Balaban J connectivity index is 2.97. The van der Waals surface area contributed by atoms with E-state index >= 15 is 0 Å². The molecule has 0 aliphatic carbocycles. The van der Waals surface area contributed by atoms with E-state index < -0.39 is 16.0 Å². The fourth-order valence-electron chi connectivity index (χ4n) is 1.49. The normalized spacial score (nSPS) is 13.2. The number of sulfonamides is 1. The Bertz CT molecular complexity index is 588. The van der Waals surface area contributed by atoms with Gasteiger partial charge in [-0.2, -0.15) is 0 Å². The topological polar surface area (TPSA) is 92.7 Å². The average molecular weight is 322 g/mol. The van der Waals surface area contributed by atoms with Crippen LogP contribution in [0, 0.1) is 0 Å². The van der Waals surface area contributed by atoms with Gasteiger partial charge in [-0.3, -0.25) is 0 Å². The van der Waals surface area contributed by atoms with Gasteiger partial charge < -0.3 is 9.84 Å². The first-order chi connectivity index (χ1) is 9.27. The van der Waals surface area contributed by atoms with Gasteiger partial charge in [0.05, 0.1) is 16.7 Å². The Labute approximate surface area is 122 Å². The molecule has 0 aliphatic heterocycles. The van der Waals surface area contributed by atoms with Gasteiger partial charge in [0.2, 0.25) is 10.0 Å². The lowest BCUT2D eigenvalue weighted by molar-refractivity contribution is 0.0696. The maximum atomic E-state index is 12.1. The number of hydrogen-bond acceptors (Lipinski definition) is 4. The molecule has 1 rings (SSSR count). The zero-order chi connectivity index (χ0) is 15.3. The summed E-state index contributed by atoms with van der Waals surface area (Å²) < 4.78 is 31.7. The van der Waals surface area contributed by atoms with E-state index in [1.165, 1.54) is 12.1 Å². The molecule has 0 amide bonds. The van der Waals surface area contributed by atoms with Crippen molar-refractivity contribution < 1.29 is 23.1 Å². The predicted molar refractivity (Wildman–Crippen MR) is 74.7 cm³/mol. The van der Waals surface area contributed by atoms with Gasteiger partial charge in [0, 0.05) is 13.2 Å². The summed E-state index contributed by atoms with van der Waals surface area (Å²) in [5, 5.41) is 8.84. The summed E-state index contributed by atoms with van der Waals surface area (Å²) in [5.74, 6) is -1.22. The third-order valence-electron chi connectivity index (χ3n) is 2.48. The van der Waals surface area contributed by atoms with Crippen LogP contribution in [0.2, 0.25) is 5.02 Å². The summed E-state index contributed by atoms with van der Waals surface area (Å²) >= 11 is 5.82. The van der Waals surface area contributed by atoms with E-state index in [0.29, 0.717) is 6.61 Å².